The van der Waals surface area contributed by atoms with Crippen LogP contribution in [0.25, 0.3) is 0 Å². The van der Waals surface area contributed by atoms with Crippen LogP contribution in [0.3, 0.4) is 0 Å². The maximum Gasteiger partial charge on any atom is 0.261 e. The number of amides is 2. The number of benzene rings is 2. The Morgan fingerprint density at radius 1 is 1.04 bits per heavy atom. The lowest BCUT2D eigenvalue weighted by Gasteiger charge is -2.08. The molecule has 0 aliphatic rings. The van der Waals surface area contributed by atoms with Gasteiger partial charge in [-0.2, -0.15) is 5.26 Å². The maximum absolute atomic E-state index is 12.4. The molecule has 0 aliphatic carbocycles. The van der Waals surface area contributed by atoms with E-state index in [1.807, 2.05) is 17.5 Å². The summed E-state index contributed by atoms with van der Waals surface area (Å²) >= 11 is 1.39. The lowest BCUT2D eigenvalue weighted by Crippen LogP contribution is -2.21. The predicted octanol–water partition coefficient (Wildman–Crippen LogP) is 3.83. The van der Waals surface area contributed by atoms with Crippen LogP contribution in [0.4, 0.5) is 5.69 Å². The zero-order valence-corrected chi connectivity index (χ0v) is 15.7. The van der Waals surface area contributed by atoms with Crippen molar-refractivity contribution in [3.8, 4) is 11.8 Å². The molecule has 1 aromatic heterocycles. The minimum absolute atomic E-state index is 0.0537. The highest BCUT2D eigenvalue weighted by atomic mass is 32.1. The van der Waals surface area contributed by atoms with Crippen LogP contribution in [-0.4, -0.2) is 18.4 Å². The molecule has 0 aliphatic heterocycles. The molecular weight excluding hydrogens is 374 g/mol. The number of rotatable bonds is 7. The number of hydrogen-bond acceptors (Lipinski definition) is 5. The van der Waals surface area contributed by atoms with E-state index < -0.39 is 0 Å². The third kappa shape index (κ3) is 5.19. The van der Waals surface area contributed by atoms with Crippen LogP contribution in [0.15, 0.2) is 66.0 Å². The Hall–Kier alpha value is -3.63. The highest BCUT2D eigenvalue weighted by Crippen LogP contribution is 2.18. The Kier molecular flexibility index (Phi) is 6.39. The first kappa shape index (κ1) is 19.1. The van der Waals surface area contributed by atoms with Crippen LogP contribution in [0.1, 0.15) is 25.6 Å². The van der Waals surface area contributed by atoms with Gasteiger partial charge >= 0.3 is 0 Å². The molecule has 0 saturated heterocycles. The molecule has 0 saturated carbocycles. The van der Waals surface area contributed by atoms with Crippen molar-refractivity contribution in [1.82, 2.24) is 5.32 Å². The van der Waals surface area contributed by atoms with E-state index in [0.29, 0.717) is 28.4 Å². The van der Waals surface area contributed by atoms with Crippen LogP contribution in [0.2, 0.25) is 0 Å². The second-order valence-corrected chi connectivity index (χ2v) is 6.73. The quantitative estimate of drug-likeness (QED) is 0.640. The van der Waals surface area contributed by atoms with E-state index in [4.69, 9.17) is 10.00 Å². The monoisotopic (exact) mass is 391 g/mol. The summed E-state index contributed by atoms with van der Waals surface area (Å²) in [5, 5.41) is 16.1. The first-order valence-corrected chi connectivity index (χ1v) is 9.35. The number of nitrogens with one attached hydrogen (secondary N) is 2. The standard InChI is InChI=1S/C21H17N3O3S/c22-10-11-27-18-4-1-3-17(13-18)24-20(25)16-8-6-15(7-9-16)14-23-21(26)19-5-2-12-28-19/h1-9,12-13H,11,14H2,(H,23,26)(H,24,25). The van der Waals surface area contributed by atoms with Crippen LogP contribution in [-0.2, 0) is 6.54 Å². The van der Waals surface area contributed by atoms with Gasteiger partial charge in [-0.25, -0.2) is 0 Å². The van der Waals surface area contributed by atoms with Crippen molar-refractivity contribution in [2.24, 2.45) is 0 Å². The normalized spacial score (nSPS) is 9.96. The molecule has 3 aromatic rings. The molecule has 2 N–H and O–H groups in total. The Labute approximate surface area is 166 Å². The van der Waals surface area contributed by atoms with E-state index in [1.165, 1.54) is 11.3 Å². The molecule has 0 fully saturated rings. The topological polar surface area (TPSA) is 91.2 Å². The summed E-state index contributed by atoms with van der Waals surface area (Å²) in [6, 6.07) is 19.4. The molecular formula is C21H17N3O3S. The lowest BCUT2D eigenvalue weighted by atomic mass is 10.1. The highest BCUT2D eigenvalue weighted by Gasteiger charge is 2.08. The molecule has 140 valence electrons. The third-order valence-corrected chi connectivity index (χ3v) is 4.68. The molecule has 1 heterocycles. The van der Waals surface area contributed by atoms with Crippen molar-refractivity contribution in [1.29, 1.82) is 5.26 Å². The molecule has 0 spiro atoms. The smallest absolute Gasteiger partial charge is 0.261 e. The summed E-state index contributed by atoms with van der Waals surface area (Å²) in [6.07, 6.45) is 0. The van der Waals surface area contributed by atoms with Crippen molar-refractivity contribution in [2.75, 3.05) is 11.9 Å². The number of anilines is 1. The fourth-order valence-electron chi connectivity index (χ4n) is 2.43. The molecule has 28 heavy (non-hydrogen) atoms. The van der Waals surface area contributed by atoms with Crippen LogP contribution in [0, 0.1) is 11.3 Å². The summed E-state index contributed by atoms with van der Waals surface area (Å²) in [5.74, 6) is 0.137. The summed E-state index contributed by atoms with van der Waals surface area (Å²) in [7, 11) is 0. The molecule has 7 heteroatoms. The van der Waals surface area contributed by atoms with Crippen molar-refractivity contribution < 1.29 is 14.3 Å². The predicted molar refractivity (Wildman–Crippen MR) is 107 cm³/mol. The summed E-state index contributed by atoms with van der Waals surface area (Å²) in [5.41, 5.74) is 1.97. The molecule has 2 amide bonds. The van der Waals surface area contributed by atoms with Gasteiger partial charge in [0.15, 0.2) is 6.61 Å². The summed E-state index contributed by atoms with van der Waals surface area (Å²) in [4.78, 5) is 25.0. The number of carbonyl (C=O) groups excluding carboxylic acids is 2. The number of carbonyl (C=O) groups is 2. The Morgan fingerprint density at radius 3 is 2.57 bits per heavy atom. The number of nitrogens with zero attached hydrogens (tertiary/aromatic N) is 1. The third-order valence-electron chi connectivity index (χ3n) is 3.81. The second-order valence-electron chi connectivity index (χ2n) is 5.79. The first-order chi connectivity index (χ1) is 13.7. The largest absolute Gasteiger partial charge is 0.479 e. The van der Waals surface area contributed by atoms with Crippen molar-refractivity contribution in [2.45, 2.75) is 6.54 Å². The fraction of sp³-hybridized carbons (Fsp3) is 0.0952. The van der Waals surface area contributed by atoms with E-state index in [2.05, 4.69) is 10.6 Å². The molecule has 0 atom stereocenters. The second kappa shape index (κ2) is 9.35. The Balaban J connectivity index is 1.56. The number of thiophene rings is 1. The van der Waals surface area contributed by atoms with E-state index in [9.17, 15) is 9.59 Å². The van der Waals surface area contributed by atoms with Gasteiger partial charge in [0.05, 0.1) is 4.88 Å². The molecule has 0 bridgehead atoms. The van der Waals surface area contributed by atoms with Crippen molar-refractivity contribution >= 4 is 28.8 Å². The van der Waals surface area contributed by atoms with E-state index in [1.54, 1.807) is 54.6 Å². The average molecular weight is 391 g/mol. The number of hydrogen-bond donors (Lipinski definition) is 2. The summed E-state index contributed by atoms with van der Waals surface area (Å²) in [6.45, 7) is 0.332. The molecule has 2 aromatic carbocycles. The van der Waals surface area contributed by atoms with Gasteiger partial charge in [0.2, 0.25) is 0 Å². The molecule has 0 unspecified atom stereocenters. The lowest BCUT2D eigenvalue weighted by molar-refractivity contribution is 0.0953. The zero-order valence-electron chi connectivity index (χ0n) is 14.8. The minimum atomic E-state index is -0.258. The van der Waals surface area contributed by atoms with Gasteiger partial charge in [-0.1, -0.05) is 24.3 Å². The maximum atomic E-state index is 12.4. The Bertz CT molecular complexity index is 992. The van der Waals surface area contributed by atoms with Gasteiger partial charge in [-0.15, -0.1) is 11.3 Å². The first-order valence-electron chi connectivity index (χ1n) is 8.47. The van der Waals surface area contributed by atoms with Gasteiger partial charge in [0, 0.05) is 23.9 Å². The van der Waals surface area contributed by atoms with E-state index in [-0.39, 0.29) is 18.4 Å². The molecule has 6 nitrogen and oxygen atoms in total. The Morgan fingerprint density at radius 2 is 1.86 bits per heavy atom. The number of nitriles is 1. The SMILES string of the molecule is N#CCOc1cccc(NC(=O)c2ccc(CNC(=O)c3cccs3)cc2)c1. The average Bonchev–Trinajstić information content (AvgIpc) is 3.26. The van der Waals surface area contributed by atoms with Crippen molar-refractivity contribution in [3.05, 3.63) is 82.0 Å². The van der Waals surface area contributed by atoms with Crippen molar-refractivity contribution in [3.63, 3.8) is 0 Å². The minimum Gasteiger partial charge on any atom is -0.479 e. The zero-order chi connectivity index (χ0) is 19.8. The van der Waals surface area contributed by atoms with Crippen LogP contribution < -0.4 is 15.4 Å². The van der Waals surface area contributed by atoms with E-state index in [0.717, 1.165) is 5.56 Å². The van der Waals surface area contributed by atoms with Crippen LogP contribution in [0.5, 0.6) is 5.75 Å². The van der Waals surface area contributed by atoms with Crippen LogP contribution >= 0.6 is 11.3 Å². The molecule has 3 rings (SSSR count). The van der Waals surface area contributed by atoms with Gasteiger partial charge in [0.25, 0.3) is 11.8 Å². The van der Waals surface area contributed by atoms with Gasteiger partial charge in [-0.3, -0.25) is 9.59 Å². The summed E-state index contributed by atoms with van der Waals surface area (Å²) < 4.78 is 5.23. The number of ether oxygens (including phenoxy) is 1. The molecule has 0 radical (unpaired) electrons. The van der Waals surface area contributed by atoms with Gasteiger partial charge < -0.3 is 15.4 Å². The van der Waals surface area contributed by atoms with E-state index >= 15 is 0 Å². The van der Waals surface area contributed by atoms with Gasteiger partial charge in [-0.05, 0) is 41.3 Å². The van der Waals surface area contributed by atoms with Gasteiger partial charge in [0.1, 0.15) is 11.8 Å². The fourth-order valence-corrected chi connectivity index (χ4v) is 3.07. The highest BCUT2D eigenvalue weighted by molar-refractivity contribution is 7.12.